The highest BCUT2D eigenvalue weighted by Crippen LogP contribution is 2.31. The molecule has 2 aromatic rings. The predicted octanol–water partition coefficient (Wildman–Crippen LogP) is 2.31. The van der Waals surface area contributed by atoms with E-state index in [1.165, 1.54) is 11.1 Å². The molecule has 5 nitrogen and oxygen atoms in total. The Hall–Kier alpha value is -2.18. The molecule has 0 saturated carbocycles. The molecular formula is C17H18N2O3S. The van der Waals surface area contributed by atoms with Gasteiger partial charge in [-0.2, -0.15) is 12.8 Å². The average Bonchev–Trinajstić information content (AvgIpc) is 2.75. The normalized spacial score (nSPS) is 17.3. The number of carbonyl (C=O) groups is 1. The van der Waals surface area contributed by atoms with E-state index < -0.39 is 15.9 Å². The summed E-state index contributed by atoms with van der Waals surface area (Å²) in [7, 11) is -2.19. The molecule has 1 atom stereocenters. The molecule has 23 heavy (non-hydrogen) atoms. The Morgan fingerprint density at radius 3 is 2.30 bits per heavy atom. The molecule has 0 saturated heterocycles. The van der Waals surface area contributed by atoms with Gasteiger partial charge in [-0.25, -0.2) is 5.01 Å². The van der Waals surface area contributed by atoms with Gasteiger partial charge in [0.2, 0.25) is 0 Å². The van der Waals surface area contributed by atoms with Crippen LogP contribution in [-0.4, -0.2) is 36.8 Å². The maximum atomic E-state index is 12.7. The van der Waals surface area contributed by atoms with Crippen LogP contribution in [0.15, 0.2) is 59.5 Å². The summed E-state index contributed by atoms with van der Waals surface area (Å²) in [5, 5.41) is 1.50. The monoisotopic (exact) mass is 330 g/mol. The lowest BCUT2D eigenvalue weighted by Crippen LogP contribution is -2.48. The lowest BCUT2D eigenvalue weighted by Gasteiger charge is -2.31. The number of hydrazine groups is 1. The van der Waals surface area contributed by atoms with E-state index in [1.807, 2.05) is 37.3 Å². The first-order valence-corrected chi connectivity index (χ1v) is 8.82. The third-order valence-electron chi connectivity index (χ3n) is 4.10. The largest absolute Gasteiger partial charge is 0.284 e. The van der Waals surface area contributed by atoms with Crippen LogP contribution in [0.4, 0.5) is 0 Å². The molecule has 2 aromatic carbocycles. The van der Waals surface area contributed by atoms with E-state index in [9.17, 15) is 13.2 Å². The lowest BCUT2D eigenvalue weighted by atomic mass is 10.1. The molecule has 6 heteroatoms. The predicted molar refractivity (Wildman–Crippen MR) is 87.2 cm³/mol. The first kappa shape index (κ1) is 15.7. The van der Waals surface area contributed by atoms with Gasteiger partial charge < -0.3 is 0 Å². The van der Waals surface area contributed by atoms with Crippen LogP contribution in [0.5, 0.6) is 0 Å². The summed E-state index contributed by atoms with van der Waals surface area (Å²) in [4.78, 5) is 12.6. The van der Waals surface area contributed by atoms with Crippen molar-refractivity contribution < 1.29 is 13.2 Å². The average molecular weight is 330 g/mol. The standard InChI is InChI=1S/C17H18N2O3S/c1-13(12-14-8-4-3-5-9-14)18(2)19-17(20)15-10-6-7-11-16(15)23(19,21)22/h3-11,13H,12H2,1-2H3. The SMILES string of the molecule is CC(Cc1ccccc1)N(C)N1C(=O)c2ccccc2S1(=O)=O. The maximum Gasteiger partial charge on any atom is 0.284 e. The Balaban J connectivity index is 1.88. The van der Waals surface area contributed by atoms with Gasteiger partial charge in [0.05, 0.1) is 5.56 Å². The fourth-order valence-electron chi connectivity index (χ4n) is 2.75. The van der Waals surface area contributed by atoms with Gasteiger partial charge in [0, 0.05) is 13.1 Å². The van der Waals surface area contributed by atoms with Crippen LogP contribution in [0.3, 0.4) is 0 Å². The second-order valence-corrected chi connectivity index (χ2v) is 7.40. The number of amides is 1. The molecule has 1 unspecified atom stereocenters. The highest BCUT2D eigenvalue weighted by Gasteiger charge is 2.44. The number of hydrogen-bond donors (Lipinski definition) is 0. The Labute approximate surface area is 136 Å². The molecule has 0 aliphatic carbocycles. The first-order chi connectivity index (χ1) is 10.9. The highest BCUT2D eigenvalue weighted by molar-refractivity contribution is 7.90. The van der Waals surface area contributed by atoms with Crippen molar-refractivity contribution in [3.8, 4) is 0 Å². The van der Waals surface area contributed by atoms with Gasteiger partial charge in [0.15, 0.2) is 0 Å². The number of hydrogen-bond acceptors (Lipinski definition) is 4. The Morgan fingerprint density at radius 1 is 1.04 bits per heavy atom. The van der Waals surface area contributed by atoms with Crippen molar-refractivity contribution in [1.29, 1.82) is 0 Å². The number of likely N-dealkylation sites (N-methyl/N-ethyl adjacent to an activating group) is 1. The van der Waals surface area contributed by atoms with Crippen LogP contribution in [-0.2, 0) is 16.4 Å². The quantitative estimate of drug-likeness (QED) is 0.863. The summed E-state index contributed by atoms with van der Waals surface area (Å²) in [6, 6.07) is 15.9. The van der Waals surface area contributed by atoms with Crippen LogP contribution in [0.1, 0.15) is 22.8 Å². The Morgan fingerprint density at radius 2 is 1.65 bits per heavy atom. The zero-order valence-electron chi connectivity index (χ0n) is 13.0. The zero-order valence-corrected chi connectivity index (χ0v) is 13.8. The van der Waals surface area contributed by atoms with Crippen LogP contribution in [0.25, 0.3) is 0 Å². The molecule has 1 heterocycles. The summed E-state index contributed by atoms with van der Waals surface area (Å²) in [5.74, 6) is -0.497. The molecule has 0 fully saturated rings. The zero-order chi connectivity index (χ0) is 16.6. The molecule has 0 N–H and O–H groups in total. The number of rotatable bonds is 4. The van der Waals surface area contributed by atoms with Gasteiger partial charge in [0.1, 0.15) is 4.90 Å². The smallest absolute Gasteiger partial charge is 0.266 e. The van der Waals surface area contributed by atoms with E-state index in [0.717, 1.165) is 9.98 Å². The van der Waals surface area contributed by atoms with Gasteiger partial charge in [-0.3, -0.25) is 4.79 Å². The molecule has 0 bridgehead atoms. The fourth-order valence-corrected chi connectivity index (χ4v) is 4.44. The minimum absolute atomic E-state index is 0.0729. The van der Waals surface area contributed by atoms with Gasteiger partial charge >= 0.3 is 0 Å². The molecule has 120 valence electrons. The van der Waals surface area contributed by atoms with Crippen molar-refractivity contribution in [2.45, 2.75) is 24.3 Å². The van der Waals surface area contributed by atoms with E-state index in [4.69, 9.17) is 0 Å². The summed E-state index contributed by atoms with van der Waals surface area (Å²) in [6.07, 6.45) is 0.646. The highest BCUT2D eigenvalue weighted by atomic mass is 32.2. The third-order valence-corrected chi connectivity index (χ3v) is 5.89. The van der Waals surface area contributed by atoms with E-state index in [-0.39, 0.29) is 16.5 Å². The van der Waals surface area contributed by atoms with Crippen LogP contribution in [0.2, 0.25) is 0 Å². The topological polar surface area (TPSA) is 57.7 Å². The van der Waals surface area contributed by atoms with Crippen molar-refractivity contribution in [3.63, 3.8) is 0 Å². The third kappa shape index (κ3) is 2.64. The number of nitrogens with zero attached hydrogens (tertiary/aromatic N) is 2. The van der Waals surface area contributed by atoms with E-state index in [2.05, 4.69) is 0 Å². The maximum absolute atomic E-state index is 12.7. The van der Waals surface area contributed by atoms with E-state index in [1.54, 1.807) is 25.2 Å². The fraction of sp³-hybridized carbons (Fsp3) is 0.235. The molecular weight excluding hydrogens is 312 g/mol. The Bertz CT molecular complexity index is 834. The summed E-state index contributed by atoms with van der Waals surface area (Å²) in [6.45, 7) is 1.90. The number of fused-ring (bicyclic) bond motifs is 1. The molecule has 3 rings (SSSR count). The molecule has 1 aliphatic heterocycles. The number of carbonyl (C=O) groups excluding carboxylic acids is 1. The van der Waals surface area contributed by atoms with Crippen LogP contribution in [0, 0.1) is 0 Å². The van der Waals surface area contributed by atoms with Gasteiger partial charge in [0.25, 0.3) is 15.9 Å². The summed E-state index contributed by atoms with van der Waals surface area (Å²) >= 11 is 0. The molecule has 1 aliphatic rings. The molecule has 0 aromatic heterocycles. The minimum Gasteiger partial charge on any atom is -0.266 e. The van der Waals surface area contributed by atoms with Gasteiger partial charge in [-0.15, -0.1) is 0 Å². The summed E-state index contributed by atoms with van der Waals surface area (Å²) in [5.41, 5.74) is 1.32. The van der Waals surface area contributed by atoms with Crippen molar-refractivity contribution >= 4 is 15.9 Å². The number of benzene rings is 2. The van der Waals surface area contributed by atoms with Gasteiger partial charge in [-0.1, -0.05) is 42.5 Å². The summed E-state index contributed by atoms with van der Waals surface area (Å²) < 4.78 is 26.2. The number of sulfonamides is 1. The van der Waals surface area contributed by atoms with Crippen molar-refractivity contribution in [1.82, 2.24) is 9.42 Å². The van der Waals surface area contributed by atoms with Crippen LogP contribution >= 0.6 is 0 Å². The van der Waals surface area contributed by atoms with Gasteiger partial charge in [-0.05, 0) is 31.0 Å². The van der Waals surface area contributed by atoms with Crippen LogP contribution < -0.4 is 0 Å². The Kier molecular flexibility index (Phi) is 3.95. The molecule has 1 amide bonds. The van der Waals surface area contributed by atoms with Crippen molar-refractivity contribution in [2.75, 3.05) is 7.05 Å². The van der Waals surface area contributed by atoms with E-state index in [0.29, 0.717) is 6.42 Å². The van der Waals surface area contributed by atoms with Crippen molar-refractivity contribution in [3.05, 3.63) is 65.7 Å². The second-order valence-electron chi connectivity index (χ2n) is 5.66. The lowest BCUT2D eigenvalue weighted by molar-refractivity contribution is 0.0365. The second kappa shape index (κ2) is 5.79. The minimum atomic E-state index is -3.82. The van der Waals surface area contributed by atoms with E-state index >= 15 is 0 Å². The first-order valence-electron chi connectivity index (χ1n) is 7.38. The molecule has 0 spiro atoms. The van der Waals surface area contributed by atoms with Crippen molar-refractivity contribution in [2.24, 2.45) is 0 Å². The molecule has 0 radical (unpaired) electrons.